The van der Waals surface area contributed by atoms with Crippen molar-refractivity contribution in [2.45, 2.75) is 44.2 Å². The molecule has 4 rings (SSSR count). The van der Waals surface area contributed by atoms with Gasteiger partial charge < -0.3 is 19.7 Å². The molecule has 2 atom stereocenters. The molecule has 0 aromatic heterocycles. The van der Waals surface area contributed by atoms with E-state index in [9.17, 15) is 9.59 Å². The molecule has 1 N–H and O–H groups in total. The molecule has 1 heterocycles. The van der Waals surface area contributed by atoms with Gasteiger partial charge in [0.05, 0.1) is 13.2 Å². The van der Waals surface area contributed by atoms with E-state index in [0.29, 0.717) is 23.7 Å². The summed E-state index contributed by atoms with van der Waals surface area (Å²) in [5.74, 6) is 0.582. The van der Waals surface area contributed by atoms with Crippen LogP contribution < -0.4 is 10.1 Å². The van der Waals surface area contributed by atoms with Gasteiger partial charge in [-0.15, -0.1) is 0 Å². The van der Waals surface area contributed by atoms with E-state index < -0.39 is 0 Å². The topological polar surface area (TPSA) is 67.9 Å². The summed E-state index contributed by atoms with van der Waals surface area (Å²) >= 11 is 5.92. The summed E-state index contributed by atoms with van der Waals surface area (Å²) in [6.45, 7) is 0.527. The molecular formula is C26H29ClN2O4. The largest absolute Gasteiger partial charge is 0.497 e. The summed E-state index contributed by atoms with van der Waals surface area (Å²) in [6, 6.07) is 15.0. The number of amides is 2. The van der Waals surface area contributed by atoms with Gasteiger partial charge in [0.25, 0.3) is 5.91 Å². The number of rotatable bonds is 7. The number of fused-ring (bicyclic) bond motifs is 1. The molecule has 0 radical (unpaired) electrons. The first-order chi connectivity index (χ1) is 16.0. The van der Waals surface area contributed by atoms with Crippen molar-refractivity contribution < 1.29 is 19.1 Å². The predicted molar refractivity (Wildman–Crippen MR) is 128 cm³/mol. The number of carbonyl (C=O) groups is 2. The maximum atomic E-state index is 13.3. The summed E-state index contributed by atoms with van der Waals surface area (Å²) in [7, 11) is 1.61. The van der Waals surface area contributed by atoms with E-state index in [4.69, 9.17) is 21.1 Å². The predicted octanol–water partition coefficient (Wildman–Crippen LogP) is 4.22. The fourth-order valence-electron chi connectivity index (χ4n) is 4.45. The van der Waals surface area contributed by atoms with Crippen molar-refractivity contribution in [1.29, 1.82) is 0 Å². The Labute approximate surface area is 199 Å². The average molecular weight is 469 g/mol. The Hall–Kier alpha value is -2.99. The van der Waals surface area contributed by atoms with Gasteiger partial charge in [-0.2, -0.15) is 0 Å². The number of hydrogen-bond donors (Lipinski definition) is 1. The summed E-state index contributed by atoms with van der Waals surface area (Å²) in [5.41, 5.74) is 1.91. The SMILES string of the molecule is COc1cccc(/C=C2/OC3CCCCC3N(CC(=O)NCCc3ccc(Cl)cc3)C2=O)c1. The number of nitrogens with one attached hydrogen (secondary N) is 1. The van der Waals surface area contributed by atoms with Crippen LogP contribution in [0.5, 0.6) is 5.75 Å². The van der Waals surface area contributed by atoms with Crippen molar-refractivity contribution in [3.63, 3.8) is 0 Å². The molecule has 2 aliphatic rings. The van der Waals surface area contributed by atoms with Crippen molar-refractivity contribution in [3.8, 4) is 5.75 Å². The number of carbonyl (C=O) groups excluding carboxylic acids is 2. The van der Waals surface area contributed by atoms with Crippen LogP contribution in [0.4, 0.5) is 0 Å². The van der Waals surface area contributed by atoms with Crippen LogP contribution in [0.3, 0.4) is 0 Å². The lowest BCUT2D eigenvalue weighted by atomic mass is 9.89. The molecule has 1 saturated carbocycles. The van der Waals surface area contributed by atoms with Crippen LogP contribution >= 0.6 is 11.6 Å². The highest BCUT2D eigenvalue weighted by atomic mass is 35.5. The Kier molecular flexibility index (Phi) is 7.55. The third kappa shape index (κ3) is 5.88. The highest BCUT2D eigenvalue weighted by molar-refractivity contribution is 6.30. The van der Waals surface area contributed by atoms with Crippen LogP contribution in [0.1, 0.15) is 36.8 Å². The Bertz CT molecular complexity index is 1020. The van der Waals surface area contributed by atoms with Crippen molar-refractivity contribution in [3.05, 3.63) is 70.4 Å². The van der Waals surface area contributed by atoms with Crippen LogP contribution in [0.2, 0.25) is 5.02 Å². The van der Waals surface area contributed by atoms with Gasteiger partial charge in [0.2, 0.25) is 5.91 Å². The number of nitrogens with zero attached hydrogens (tertiary/aromatic N) is 1. The Balaban J connectivity index is 1.43. The zero-order valence-electron chi connectivity index (χ0n) is 18.8. The van der Waals surface area contributed by atoms with Crippen molar-refractivity contribution in [2.75, 3.05) is 20.2 Å². The quantitative estimate of drug-likeness (QED) is 0.618. The molecular weight excluding hydrogens is 440 g/mol. The molecule has 2 amide bonds. The minimum atomic E-state index is -0.242. The van der Waals surface area contributed by atoms with Crippen LogP contribution in [0.25, 0.3) is 6.08 Å². The van der Waals surface area contributed by atoms with Crippen LogP contribution in [-0.4, -0.2) is 49.1 Å². The van der Waals surface area contributed by atoms with Gasteiger partial charge in [-0.25, -0.2) is 0 Å². The molecule has 7 heteroatoms. The molecule has 2 aromatic rings. The van der Waals surface area contributed by atoms with E-state index in [0.717, 1.165) is 36.8 Å². The van der Waals surface area contributed by atoms with Gasteiger partial charge >= 0.3 is 0 Å². The maximum Gasteiger partial charge on any atom is 0.289 e. The summed E-state index contributed by atoms with van der Waals surface area (Å²) in [4.78, 5) is 27.7. The van der Waals surface area contributed by atoms with Gasteiger partial charge in [0, 0.05) is 11.6 Å². The lowest BCUT2D eigenvalue weighted by Crippen LogP contribution is -2.57. The summed E-state index contributed by atoms with van der Waals surface area (Å²) < 4.78 is 11.4. The number of halogens is 1. The number of hydrogen-bond acceptors (Lipinski definition) is 4. The first-order valence-corrected chi connectivity index (χ1v) is 11.8. The first-order valence-electron chi connectivity index (χ1n) is 11.4. The molecule has 1 saturated heterocycles. The molecule has 2 fully saturated rings. The molecule has 2 unspecified atom stereocenters. The van der Waals surface area contributed by atoms with E-state index in [-0.39, 0.29) is 36.3 Å². The van der Waals surface area contributed by atoms with E-state index >= 15 is 0 Å². The smallest absolute Gasteiger partial charge is 0.289 e. The Morgan fingerprint density at radius 2 is 2.00 bits per heavy atom. The second-order valence-electron chi connectivity index (χ2n) is 8.45. The second kappa shape index (κ2) is 10.8. The fraction of sp³-hybridized carbons (Fsp3) is 0.385. The molecule has 6 nitrogen and oxygen atoms in total. The fourth-order valence-corrected chi connectivity index (χ4v) is 4.58. The summed E-state index contributed by atoms with van der Waals surface area (Å²) in [6.07, 6.45) is 6.16. The van der Waals surface area contributed by atoms with Crippen LogP contribution in [0, 0.1) is 0 Å². The maximum absolute atomic E-state index is 13.3. The monoisotopic (exact) mass is 468 g/mol. The average Bonchev–Trinajstić information content (AvgIpc) is 2.83. The molecule has 174 valence electrons. The van der Waals surface area contributed by atoms with Gasteiger partial charge in [0.1, 0.15) is 18.4 Å². The molecule has 0 bridgehead atoms. The minimum Gasteiger partial charge on any atom is -0.497 e. The second-order valence-corrected chi connectivity index (χ2v) is 8.89. The standard InChI is InChI=1S/C26H29ClN2O4/c1-32-21-6-4-5-19(15-21)16-24-26(31)29(22-7-2-3-8-23(22)33-24)17-25(30)28-14-13-18-9-11-20(27)12-10-18/h4-6,9-12,15-16,22-23H,2-3,7-8,13-14,17H2,1H3,(H,28,30)/b24-16+. The number of methoxy groups -OCH3 is 1. The van der Waals surface area contributed by atoms with Gasteiger partial charge in [-0.1, -0.05) is 42.3 Å². The molecule has 2 aromatic carbocycles. The number of benzene rings is 2. The highest BCUT2D eigenvalue weighted by Gasteiger charge is 2.42. The lowest BCUT2D eigenvalue weighted by molar-refractivity contribution is -0.151. The third-order valence-corrected chi connectivity index (χ3v) is 6.42. The number of morpholine rings is 1. The molecule has 1 aliphatic carbocycles. The molecule has 33 heavy (non-hydrogen) atoms. The zero-order valence-corrected chi connectivity index (χ0v) is 19.5. The Morgan fingerprint density at radius 1 is 1.21 bits per heavy atom. The van der Waals surface area contributed by atoms with Gasteiger partial charge in [0.15, 0.2) is 5.76 Å². The van der Waals surface area contributed by atoms with Crippen molar-refractivity contribution in [2.24, 2.45) is 0 Å². The highest BCUT2D eigenvalue weighted by Crippen LogP contribution is 2.33. The van der Waals surface area contributed by atoms with E-state index in [2.05, 4.69) is 5.32 Å². The van der Waals surface area contributed by atoms with E-state index in [1.807, 2.05) is 48.5 Å². The zero-order chi connectivity index (χ0) is 23.2. The minimum absolute atomic E-state index is 0.0272. The normalized spacial score (nSPS) is 21.3. The third-order valence-electron chi connectivity index (χ3n) is 6.17. The van der Waals surface area contributed by atoms with Crippen molar-refractivity contribution >= 4 is 29.5 Å². The van der Waals surface area contributed by atoms with Crippen molar-refractivity contribution in [1.82, 2.24) is 10.2 Å². The van der Waals surface area contributed by atoms with E-state index in [1.165, 1.54) is 0 Å². The number of ether oxygens (including phenoxy) is 2. The van der Waals surface area contributed by atoms with Gasteiger partial charge in [-0.3, -0.25) is 9.59 Å². The van der Waals surface area contributed by atoms with Crippen LogP contribution in [-0.2, 0) is 20.7 Å². The van der Waals surface area contributed by atoms with Gasteiger partial charge in [-0.05, 0) is 67.2 Å². The lowest BCUT2D eigenvalue weighted by Gasteiger charge is -2.44. The molecule has 1 aliphatic heterocycles. The molecule has 0 spiro atoms. The van der Waals surface area contributed by atoms with Crippen LogP contribution in [0.15, 0.2) is 54.3 Å². The van der Waals surface area contributed by atoms with E-state index in [1.54, 1.807) is 18.1 Å². The first kappa shape index (κ1) is 23.2. The Morgan fingerprint density at radius 3 is 2.79 bits per heavy atom. The summed E-state index contributed by atoms with van der Waals surface area (Å²) in [5, 5.41) is 3.63.